The van der Waals surface area contributed by atoms with Crippen LogP contribution in [-0.4, -0.2) is 30.6 Å². The summed E-state index contributed by atoms with van der Waals surface area (Å²) in [6.07, 6.45) is 7.42. The Morgan fingerprint density at radius 3 is 2.62 bits per heavy atom. The summed E-state index contributed by atoms with van der Waals surface area (Å²) < 4.78 is 0. The van der Waals surface area contributed by atoms with E-state index in [1.165, 1.54) is 19.3 Å². The average Bonchev–Trinajstić information content (AvgIpc) is 2.30. The van der Waals surface area contributed by atoms with Crippen molar-refractivity contribution in [3.05, 3.63) is 18.1 Å². The molecule has 0 aliphatic heterocycles. The van der Waals surface area contributed by atoms with Crippen LogP contribution in [0.15, 0.2) is 12.4 Å². The molecule has 4 nitrogen and oxygen atoms in total. The molecule has 1 aromatic heterocycles. The van der Waals surface area contributed by atoms with E-state index in [9.17, 15) is 0 Å². The summed E-state index contributed by atoms with van der Waals surface area (Å²) in [6.45, 7) is 4.03. The van der Waals surface area contributed by atoms with E-state index >= 15 is 0 Å². The first-order valence-electron chi connectivity index (χ1n) is 5.94. The molecule has 0 saturated carbocycles. The van der Waals surface area contributed by atoms with Crippen molar-refractivity contribution in [3.63, 3.8) is 0 Å². The molecule has 0 unspecified atom stereocenters. The third-order valence-corrected chi connectivity index (χ3v) is 2.54. The standard InChI is InChI=1S/C12H22N4/c1-4-5-6-7-16(3)12-10-14-11(8-13-2)9-15-12/h9-10,13H,4-8H2,1-3H3. The smallest absolute Gasteiger partial charge is 0.146 e. The van der Waals surface area contributed by atoms with Gasteiger partial charge in [-0.1, -0.05) is 19.8 Å². The summed E-state index contributed by atoms with van der Waals surface area (Å²) in [4.78, 5) is 10.9. The summed E-state index contributed by atoms with van der Waals surface area (Å²) in [5.74, 6) is 0.955. The van der Waals surface area contributed by atoms with Gasteiger partial charge in [0.1, 0.15) is 5.82 Å². The quantitative estimate of drug-likeness (QED) is 0.715. The van der Waals surface area contributed by atoms with E-state index in [1.54, 1.807) is 0 Å². The summed E-state index contributed by atoms with van der Waals surface area (Å²) in [5, 5.41) is 3.06. The van der Waals surface area contributed by atoms with Crippen LogP contribution in [0.4, 0.5) is 5.82 Å². The van der Waals surface area contributed by atoms with Crippen LogP contribution in [0.3, 0.4) is 0 Å². The normalized spacial score (nSPS) is 10.4. The molecule has 0 radical (unpaired) electrons. The first kappa shape index (κ1) is 12.9. The number of nitrogens with zero attached hydrogens (tertiary/aromatic N) is 3. The average molecular weight is 222 g/mol. The first-order chi connectivity index (χ1) is 7.77. The van der Waals surface area contributed by atoms with Gasteiger partial charge >= 0.3 is 0 Å². The Balaban J connectivity index is 2.46. The van der Waals surface area contributed by atoms with Crippen molar-refractivity contribution in [1.82, 2.24) is 15.3 Å². The molecule has 0 saturated heterocycles. The lowest BCUT2D eigenvalue weighted by Gasteiger charge is -2.17. The maximum absolute atomic E-state index is 4.40. The fraction of sp³-hybridized carbons (Fsp3) is 0.667. The maximum atomic E-state index is 4.40. The fourth-order valence-electron chi connectivity index (χ4n) is 1.53. The van der Waals surface area contributed by atoms with Gasteiger partial charge in [0, 0.05) is 20.1 Å². The van der Waals surface area contributed by atoms with E-state index in [0.717, 1.165) is 24.6 Å². The highest BCUT2D eigenvalue weighted by Crippen LogP contribution is 2.08. The van der Waals surface area contributed by atoms with E-state index in [-0.39, 0.29) is 0 Å². The van der Waals surface area contributed by atoms with Gasteiger partial charge in [0.05, 0.1) is 18.1 Å². The van der Waals surface area contributed by atoms with Gasteiger partial charge < -0.3 is 10.2 Å². The van der Waals surface area contributed by atoms with E-state index in [4.69, 9.17) is 0 Å². The predicted molar refractivity (Wildman–Crippen MR) is 67.6 cm³/mol. The van der Waals surface area contributed by atoms with Gasteiger partial charge in [-0.05, 0) is 13.5 Å². The van der Waals surface area contributed by atoms with Crippen LogP contribution in [0.5, 0.6) is 0 Å². The van der Waals surface area contributed by atoms with Gasteiger partial charge in [0.25, 0.3) is 0 Å². The fourth-order valence-corrected chi connectivity index (χ4v) is 1.53. The first-order valence-corrected chi connectivity index (χ1v) is 5.94. The Labute approximate surface area is 98.1 Å². The van der Waals surface area contributed by atoms with Crippen molar-refractivity contribution < 1.29 is 0 Å². The van der Waals surface area contributed by atoms with Crippen molar-refractivity contribution in [2.24, 2.45) is 0 Å². The molecule has 16 heavy (non-hydrogen) atoms. The Morgan fingerprint density at radius 1 is 1.25 bits per heavy atom. The number of aromatic nitrogens is 2. The number of rotatable bonds is 7. The zero-order valence-electron chi connectivity index (χ0n) is 10.5. The molecule has 0 atom stereocenters. The predicted octanol–water partition coefficient (Wildman–Crippen LogP) is 1.82. The van der Waals surface area contributed by atoms with E-state index < -0.39 is 0 Å². The molecule has 1 N–H and O–H groups in total. The van der Waals surface area contributed by atoms with Crippen LogP contribution in [0.2, 0.25) is 0 Å². The van der Waals surface area contributed by atoms with Crippen LogP contribution in [-0.2, 0) is 6.54 Å². The second-order valence-corrected chi connectivity index (χ2v) is 4.02. The maximum Gasteiger partial charge on any atom is 0.146 e. The largest absolute Gasteiger partial charge is 0.358 e. The minimum atomic E-state index is 0.771. The highest BCUT2D eigenvalue weighted by molar-refractivity contribution is 5.34. The van der Waals surface area contributed by atoms with Crippen LogP contribution >= 0.6 is 0 Å². The Morgan fingerprint density at radius 2 is 2.06 bits per heavy atom. The summed E-state index contributed by atoms with van der Waals surface area (Å²) in [6, 6.07) is 0. The van der Waals surface area contributed by atoms with Crippen molar-refractivity contribution in [3.8, 4) is 0 Å². The minimum absolute atomic E-state index is 0.771. The van der Waals surface area contributed by atoms with Crippen molar-refractivity contribution >= 4 is 5.82 Å². The molecule has 90 valence electrons. The highest BCUT2D eigenvalue weighted by atomic mass is 15.2. The molecule has 0 aliphatic rings. The Bertz CT molecular complexity index is 284. The monoisotopic (exact) mass is 222 g/mol. The van der Waals surface area contributed by atoms with Gasteiger partial charge in [-0.3, -0.25) is 4.98 Å². The number of anilines is 1. The zero-order chi connectivity index (χ0) is 11.8. The number of unbranched alkanes of at least 4 members (excludes halogenated alkanes) is 2. The molecule has 0 aliphatic carbocycles. The molecular formula is C12H22N4. The van der Waals surface area contributed by atoms with Gasteiger partial charge in [-0.15, -0.1) is 0 Å². The second kappa shape index (κ2) is 7.17. The number of nitrogens with one attached hydrogen (secondary N) is 1. The van der Waals surface area contributed by atoms with Gasteiger partial charge in [-0.25, -0.2) is 4.98 Å². The van der Waals surface area contributed by atoms with E-state index in [2.05, 4.69) is 34.2 Å². The molecule has 0 fully saturated rings. The Hall–Kier alpha value is -1.16. The third kappa shape index (κ3) is 4.14. The van der Waals surface area contributed by atoms with Gasteiger partial charge in [-0.2, -0.15) is 0 Å². The van der Waals surface area contributed by atoms with Crippen LogP contribution in [0, 0.1) is 0 Å². The number of hydrogen-bond donors (Lipinski definition) is 1. The molecule has 0 aromatic carbocycles. The van der Waals surface area contributed by atoms with Gasteiger partial charge in [0.15, 0.2) is 0 Å². The third-order valence-electron chi connectivity index (χ3n) is 2.54. The van der Waals surface area contributed by atoms with Crippen LogP contribution in [0.1, 0.15) is 31.9 Å². The summed E-state index contributed by atoms with van der Waals surface area (Å²) in [5.41, 5.74) is 0.980. The van der Waals surface area contributed by atoms with E-state index in [1.807, 2.05) is 19.4 Å². The lowest BCUT2D eigenvalue weighted by Crippen LogP contribution is -2.20. The van der Waals surface area contributed by atoms with Crippen molar-refractivity contribution in [1.29, 1.82) is 0 Å². The topological polar surface area (TPSA) is 41.1 Å². The van der Waals surface area contributed by atoms with Crippen molar-refractivity contribution in [2.45, 2.75) is 32.7 Å². The zero-order valence-corrected chi connectivity index (χ0v) is 10.5. The molecule has 0 amide bonds. The summed E-state index contributed by atoms with van der Waals surface area (Å²) >= 11 is 0. The van der Waals surface area contributed by atoms with Crippen LogP contribution in [0.25, 0.3) is 0 Å². The summed E-state index contributed by atoms with van der Waals surface area (Å²) in [7, 11) is 3.98. The van der Waals surface area contributed by atoms with Crippen molar-refractivity contribution in [2.75, 3.05) is 25.5 Å². The minimum Gasteiger partial charge on any atom is -0.358 e. The molecule has 4 heteroatoms. The second-order valence-electron chi connectivity index (χ2n) is 4.02. The molecule has 1 aromatic rings. The van der Waals surface area contributed by atoms with Gasteiger partial charge in [0.2, 0.25) is 0 Å². The molecular weight excluding hydrogens is 200 g/mol. The van der Waals surface area contributed by atoms with E-state index in [0.29, 0.717) is 0 Å². The molecule has 0 spiro atoms. The molecule has 1 heterocycles. The lowest BCUT2D eigenvalue weighted by molar-refractivity contribution is 0.699. The van der Waals surface area contributed by atoms with Crippen LogP contribution < -0.4 is 10.2 Å². The Kier molecular flexibility index (Phi) is 5.78. The molecule has 1 rings (SSSR count). The highest BCUT2D eigenvalue weighted by Gasteiger charge is 2.02. The number of hydrogen-bond acceptors (Lipinski definition) is 4. The SMILES string of the molecule is CCCCCN(C)c1cnc(CNC)cn1. The molecule has 0 bridgehead atoms. The lowest BCUT2D eigenvalue weighted by atomic mass is 10.2.